The Morgan fingerprint density at radius 1 is 1.50 bits per heavy atom. The van der Waals surface area contributed by atoms with Gasteiger partial charge in [0.2, 0.25) is 0 Å². The van der Waals surface area contributed by atoms with Crippen molar-refractivity contribution in [3.05, 3.63) is 35.6 Å². The van der Waals surface area contributed by atoms with Crippen LogP contribution in [-0.2, 0) is 4.74 Å². The van der Waals surface area contributed by atoms with Crippen molar-refractivity contribution in [3.8, 4) is 0 Å². The minimum atomic E-state index is -0.452. The maximum absolute atomic E-state index is 12.9. The molecule has 0 spiro atoms. The Morgan fingerprint density at radius 2 is 2.29 bits per heavy atom. The van der Waals surface area contributed by atoms with Crippen molar-refractivity contribution in [2.24, 2.45) is 0 Å². The molecule has 1 aromatic carbocycles. The van der Waals surface area contributed by atoms with Gasteiger partial charge in [0, 0.05) is 0 Å². The first kappa shape index (κ1) is 8.99. The fourth-order valence-corrected chi connectivity index (χ4v) is 1.57. The molecule has 0 bridgehead atoms. The Kier molecular flexibility index (Phi) is 2.11. The van der Waals surface area contributed by atoms with Crippen LogP contribution in [0, 0.1) is 5.82 Å². The summed E-state index contributed by atoms with van der Waals surface area (Å²) in [6.07, 6.45) is -0.712. The molecule has 1 aromatic rings. The minimum absolute atomic E-state index is 0.252. The summed E-state index contributed by atoms with van der Waals surface area (Å²) in [6, 6.07) is 5.89. The zero-order chi connectivity index (χ0) is 10.1. The van der Waals surface area contributed by atoms with Gasteiger partial charge in [-0.15, -0.1) is 0 Å². The van der Waals surface area contributed by atoms with Gasteiger partial charge in [0.1, 0.15) is 11.9 Å². The third-order valence-corrected chi connectivity index (χ3v) is 2.24. The van der Waals surface area contributed by atoms with E-state index in [1.54, 1.807) is 19.1 Å². The first-order valence-corrected chi connectivity index (χ1v) is 4.39. The van der Waals surface area contributed by atoms with Crippen molar-refractivity contribution in [3.63, 3.8) is 0 Å². The summed E-state index contributed by atoms with van der Waals surface area (Å²) in [5.74, 6) is -0.309. The number of halogens is 1. The van der Waals surface area contributed by atoms with E-state index in [0.717, 1.165) is 5.56 Å². The van der Waals surface area contributed by atoms with Gasteiger partial charge in [0.25, 0.3) is 0 Å². The summed E-state index contributed by atoms with van der Waals surface area (Å²) in [4.78, 5) is 10.9. The van der Waals surface area contributed by atoms with Crippen LogP contribution in [0.25, 0.3) is 0 Å². The molecule has 1 fully saturated rings. The van der Waals surface area contributed by atoms with E-state index in [9.17, 15) is 9.18 Å². The number of hydrogen-bond donors (Lipinski definition) is 1. The average Bonchev–Trinajstić information content (AvgIpc) is 2.45. The van der Waals surface area contributed by atoms with E-state index in [0.29, 0.717) is 0 Å². The topological polar surface area (TPSA) is 38.3 Å². The lowest BCUT2D eigenvalue weighted by Crippen LogP contribution is -2.21. The Balaban J connectivity index is 2.27. The summed E-state index contributed by atoms with van der Waals surface area (Å²) >= 11 is 0. The van der Waals surface area contributed by atoms with Crippen molar-refractivity contribution in [1.82, 2.24) is 5.32 Å². The summed E-state index contributed by atoms with van der Waals surface area (Å²) in [6.45, 7) is 1.77. The van der Waals surface area contributed by atoms with Gasteiger partial charge in [-0.05, 0) is 24.6 Å². The minimum Gasteiger partial charge on any atom is -0.444 e. The predicted molar refractivity (Wildman–Crippen MR) is 48.2 cm³/mol. The van der Waals surface area contributed by atoms with Crippen molar-refractivity contribution < 1.29 is 13.9 Å². The summed E-state index contributed by atoms with van der Waals surface area (Å²) in [5.41, 5.74) is 0.725. The third kappa shape index (κ3) is 1.55. The molecule has 0 radical (unpaired) electrons. The van der Waals surface area contributed by atoms with Crippen molar-refractivity contribution >= 4 is 6.09 Å². The van der Waals surface area contributed by atoms with Crippen LogP contribution < -0.4 is 5.32 Å². The predicted octanol–water partition coefficient (Wildman–Crippen LogP) is 2.00. The number of rotatable bonds is 1. The normalized spacial score (nSPS) is 25.7. The molecule has 0 aliphatic carbocycles. The Hall–Kier alpha value is -1.58. The zero-order valence-corrected chi connectivity index (χ0v) is 7.66. The molecule has 2 atom stereocenters. The Bertz CT molecular complexity index is 367. The summed E-state index contributed by atoms with van der Waals surface area (Å²) < 4.78 is 17.8. The second kappa shape index (κ2) is 3.29. The average molecular weight is 195 g/mol. The molecule has 74 valence electrons. The van der Waals surface area contributed by atoms with Crippen molar-refractivity contribution in [2.75, 3.05) is 0 Å². The first-order valence-electron chi connectivity index (χ1n) is 4.39. The zero-order valence-electron chi connectivity index (χ0n) is 7.66. The molecule has 1 N–H and O–H groups in total. The quantitative estimate of drug-likeness (QED) is 0.744. The van der Waals surface area contributed by atoms with Crippen molar-refractivity contribution in [2.45, 2.75) is 19.1 Å². The van der Waals surface area contributed by atoms with Gasteiger partial charge >= 0.3 is 6.09 Å². The number of ether oxygens (including phenoxy) is 1. The van der Waals surface area contributed by atoms with Crippen LogP contribution in [-0.4, -0.2) is 12.2 Å². The number of carbonyl (C=O) groups excluding carboxylic acids is 1. The number of benzene rings is 1. The van der Waals surface area contributed by atoms with Crippen molar-refractivity contribution in [1.29, 1.82) is 0 Å². The van der Waals surface area contributed by atoms with E-state index in [4.69, 9.17) is 4.74 Å². The van der Waals surface area contributed by atoms with Gasteiger partial charge < -0.3 is 10.1 Å². The van der Waals surface area contributed by atoms with Gasteiger partial charge in [-0.1, -0.05) is 12.1 Å². The molecule has 1 heterocycles. The highest BCUT2D eigenvalue weighted by atomic mass is 19.1. The molecule has 3 nitrogen and oxygen atoms in total. The monoisotopic (exact) mass is 195 g/mol. The molecule has 14 heavy (non-hydrogen) atoms. The number of alkyl carbamates (subject to hydrolysis) is 1. The largest absolute Gasteiger partial charge is 0.444 e. The molecule has 1 saturated heterocycles. The molecule has 1 aliphatic rings. The highest BCUT2D eigenvalue weighted by molar-refractivity contribution is 5.70. The van der Waals surface area contributed by atoms with Gasteiger partial charge in [-0.2, -0.15) is 0 Å². The number of carbonyl (C=O) groups is 1. The molecular formula is C10H10FNO2. The number of amides is 1. The highest BCUT2D eigenvalue weighted by Gasteiger charge is 2.31. The van der Waals surface area contributed by atoms with Crippen LogP contribution >= 0.6 is 0 Å². The maximum atomic E-state index is 12.9. The molecule has 0 saturated carbocycles. The third-order valence-electron chi connectivity index (χ3n) is 2.24. The smallest absolute Gasteiger partial charge is 0.408 e. The second-order valence-corrected chi connectivity index (χ2v) is 3.29. The summed E-state index contributed by atoms with van der Waals surface area (Å²) in [7, 11) is 0. The highest BCUT2D eigenvalue weighted by Crippen LogP contribution is 2.24. The second-order valence-electron chi connectivity index (χ2n) is 3.29. The van der Waals surface area contributed by atoms with E-state index >= 15 is 0 Å². The van der Waals surface area contributed by atoms with Crippen LogP contribution in [0.5, 0.6) is 0 Å². The van der Waals surface area contributed by atoms with Gasteiger partial charge in [-0.3, -0.25) is 0 Å². The van der Waals surface area contributed by atoms with Gasteiger partial charge in [0.15, 0.2) is 0 Å². The Labute approximate surface area is 80.9 Å². The van der Waals surface area contributed by atoms with Crippen LogP contribution in [0.1, 0.15) is 18.5 Å². The van der Waals surface area contributed by atoms with Gasteiger partial charge in [-0.25, -0.2) is 9.18 Å². The SMILES string of the molecule is CC1OC(=O)NC1c1cccc(F)c1. The maximum Gasteiger partial charge on any atom is 0.408 e. The Morgan fingerprint density at radius 3 is 2.86 bits per heavy atom. The molecular weight excluding hydrogens is 185 g/mol. The molecule has 1 amide bonds. The van der Waals surface area contributed by atoms with E-state index in [1.165, 1.54) is 12.1 Å². The molecule has 2 rings (SSSR count). The van der Waals surface area contributed by atoms with Crippen LogP contribution in [0.4, 0.5) is 9.18 Å². The van der Waals surface area contributed by atoms with E-state index in [1.807, 2.05) is 0 Å². The molecule has 0 aromatic heterocycles. The first-order chi connectivity index (χ1) is 6.66. The number of nitrogens with one attached hydrogen (secondary N) is 1. The molecule has 4 heteroatoms. The standard InChI is InChI=1S/C10H10FNO2/c1-6-9(12-10(13)14-6)7-3-2-4-8(11)5-7/h2-6,9H,1H3,(H,12,13). The fraction of sp³-hybridized carbons (Fsp3) is 0.300. The lowest BCUT2D eigenvalue weighted by Gasteiger charge is -2.12. The van der Waals surface area contributed by atoms with E-state index in [-0.39, 0.29) is 18.0 Å². The van der Waals surface area contributed by atoms with Crippen LogP contribution in [0.3, 0.4) is 0 Å². The van der Waals surface area contributed by atoms with Crippen LogP contribution in [0.15, 0.2) is 24.3 Å². The number of hydrogen-bond acceptors (Lipinski definition) is 2. The van der Waals surface area contributed by atoms with Crippen LogP contribution in [0.2, 0.25) is 0 Å². The lowest BCUT2D eigenvalue weighted by molar-refractivity contribution is 0.141. The van der Waals surface area contributed by atoms with Gasteiger partial charge in [0.05, 0.1) is 6.04 Å². The summed E-state index contributed by atoms with van der Waals surface area (Å²) in [5, 5.41) is 2.62. The van der Waals surface area contributed by atoms with E-state index in [2.05, 4.69) is 5.32 Å². The number of cyclic esters (lactones) is 1. The lowest BCUT2D eigenvalue weighted by atomic mass is 10.0. The fourth-order valence-electron chi connectivity index (χ4n) is 1.57. The van der Waals surface area contributed by atoms with E-state index < -0.39 is 6.09 Å². The molecule has 2 unspecified atom stereocenters. The molecule has 1 aliphatic heterocycles.